The van der Waals surface area contributed by atoms with E-state index in [0.717, 1.165) is 24.2 Å². The Bertz CT molecular complexity index is 855. The Hall–Kier alpha value is -1.96. The zero-order valence-corrected chi connectivity index (χ0v) is 22.0. The normalized spacial score (nSPS) is 16.4. The third-order valence-corrected chi connectivity index (χ3v) is 7.29. The van der Waals surface area contributed by atoms with Gasteiger partial charge < -0.3 is 0 Å². The van der Waals surface area contributed by atoms with E-state index in [2.05, 4.69) is 40.7 Å². The summed E-state index contributed by atoms with van der Waals surface area (Å²) in [5, 5.41) is 0. The molecular formula is C31H46O2. The zero-order chi connectivity index (χ0) is 24.4. The van der Waals surface area contributed by atoms with E-state index in [9.17, 15) is 9.59 Å². The van der Waals surface area contributed by atoms with Crippen molar-refractivity contribution in [2.45, 2.75) is 106 Å². The molecule has 182 valence electrons. The molecule has 0 radical (unpaired) electrons. The van der Waals surface area contributed by atoms with Crippen molar-refractivity contribution < 1.29 is 9.59 Å². The minimum Gasteiger partial charge on any atom is -0.289 e. The van der Waals surface area contributed by atoms with Crippen molar-refractivity contribution in [3.8, 4) is 0 Å². The maximum atomic E-state index is 12.9. The van der Waals surface area contributed by atoms with Gasteiger partial charge in [0.25, 0.3) is 0 Å². The molecule has 0 amide bonds. The second kappa shape index (κ2) is 13.7. The summed E-state index contributed by atoms with van der Waals surface area (Å²) in [6.07, 6.45) is 14.4. The Labute approximate surface area is 202 Å². The van der Waals surface area contributed by atoms with Crippen LogP contribution in [0.1, 0.15) is 126 Å². The van der Waals surface area contributed by atoms with Crippen LogP contribution in [0.3, 0.4) is 0 Å². The summed E-state index contributed by atoms with van der Waals surface area (Å²) in [4.78, 5) is 25.5. The number of Topliss-reactive ketones (excluding diaryl/α,β-unsaturated/α-hetero) is 2. The van der Waals surface area contributed by atoms with E-state index in [1.54, 1.807) is 19.1 Å². The van der Waals surface area contributed by atoms with Crippen LogP contribution in [-0.2, 0) is 0 Å². The van der Waals surface area contributed by atoms with E-state index in [4.69, 9.17) is 0 Å². The highest BCUT2D eigenvalue weighted by molar-refractivity contribution is 6.26. The minimum absolute atomic E-state index is 0.00504. The molecule has 0 saturated carbocycles. The molecule has 2 atom stereocenters. The third-order valence-electron chi connectivity index (χ3n) is 7.29. The molecule has 0 spiro atoms. The molecule has 0 aliphatic heterocycles. The second-order valence-electron chi connectivity index (χ2n) is 10.9. The summed E-state index contributed by atoms with van der Waals surface area (Å²) in [6, 6.07) is 7.18. The smallest absolute Gasteiger partial charge is 0.190 e. The number of fused-ring (bicyclic) bond motifs is 1. The maximum Gasteiger partial charge on any atom is 0.190 e. The summed E-state index contributed by atoms with van der Waals surface area (Å²) >= 11 is 0. The molecule has 0 aromatic heterocycles. The number of hydrogen-bond donors (Lipinski definition) is 0. The average Bonchev–Trinajstić information content (AvgIpc) is 2.79. The lowest BCUT2D eigenvalue weighted by molar-refractivity contribution is 0.0973. The van der Waals surface area contributed by atoms with Gasteiger partial charge in [0.05, 0.1) is 0 Å². The molecule has 0 heterocycles. The van der Waals surface area contributed by atoms with Crippen LogP contribution >= 0.6 is 0 Å². The number of allylic oxidation sites excluding steroid dienone is 4. The Morgan fingerprint density at radius 1 is 0.788 bits per heavy atom. The first-order valence-corrected chi connectivity index (χ1v) is 13.2. The van der Waals surface area contributed by atoms with Crippen molar-refractivity contribution in [3.05, 3.63) is 58.2 Å². The van der Waals surface area contributed by atoms with Crippen LogP contribution in [0.5, 0.6) is 0 Å². The highest BCUT2D eigenvalue weighted by Gasteiger charge is 2.28. The third kappa shape index (κ3) is 8.72. The van der Waals surface area contributed by atoms with Gasteiger partial charge in [0, 0.05) is 22.3 Å². The SMILES string of the molecule is CC1=C(C/C=C(/C)CCCC[C@H](C)CCC[C@H](C)CCC(C)C)C(=O)c2ccccc2C1=O. The summed E-state index contributed by atoms with van der Waals surface area (Å²) < 4.78 is 0. The second-order valence-corrected chi connectivity index (χ2v) is 10.9. The molecule has 0 unspecified atom stereocenters. The predicted molar refractivity (Wildman–Crippen MR) is 141 cm³/mol. The van der Waals surface area contributed by atoms with Gasteiger partial charge in [-0.3, -0.25) is 9.59 Å². The number of hydrogen-bond acceptors (Lipinski definition) is 2. The molecule has 2 nitrogen and oxygen atoms in total. The molecule has 33 heavy (non-hydrogen) atoms. The Morgan fingerprint density at radius 2 is 1.36 bits per heavy atom. The fourth-order valence-electron chi connectivity index (χ4n) is 4.79. The quantitative estimate of drug-likeness (QED) is 0.209. The van der Waals surface area contributed by atoms with Gasteiger partial charge in [-0.05, 0) is 50.9 Å². The monoisotopic (exact) mass is 450 g/mol. The Balaban J connectivity index is 1.69. The summed E-state index contributed by atoms with van der Waals surface area (Å²) in [6.45, 7) is 13.4. The minimum atomic E-state index is -0.00504. The molecule has 0 saturated heterocycles. The van der Waals surface area contributed by atoms with Gasteiger partial charge in [-0.2, -0.15) is 0 Å². The van der Waals surface area contributed by atoms with Crippen LogP contribution in [0.2, 0.25) is 0 Å². The van der Waals surface area contributed by atoms with Crippen LogP contribution in [0.4, 0.5) is 0 Å². The average molecular weight is 451 g/mol. The van der Waals surface area contributed by atoms with E-state index in [1.807, 2.05) is 12.1 Å². The first-order valence-electron chi connectivity index (χ1n) is 13.2. The van der Waals surface area contributed by atoms with Gasteiger partial charge in [-0.1, -0.05) is 109 Å². The molecule has 2 heteroatoms. The van der Waals surface area contributed by atoms with Gasteiger partial charge in [-0.15, -0.1) is 0 Å². The standard InChI is InChI=1S/C31H46O2/c1-22(2)18-19-25(5)15-11-14-23(3)12-7-8-13-24(4)20-21-27-26(6)30(32)28-16-9-10-17-29(28)31(27)33/h9-10,16-17,20,22-23,25H,7-8,11-15,18-19,21H2,1-6H3/b24-20-/t23-,25-/m0/s1. The van der Waals surface area contributed by atoms with Crippen molar-refractivity contribution >= 4 is 11.6 Å². The summed E-state index contributed by atoms with van der Waals surface area (Å²) in [5.74, 6) is 2.51. The zero-order valence-electron chi connectivity index (χ0n) is 22.0. The van der Waals surface area contributed by atoms with E-state index in [1.165, 1.54) is 56.9 Å². The molecule has 1 aliphatic rings. The number of carbonyl (C=O) groups excluding carboxylic acids is 2. The summed E-state index contributed by atoms with van der Waals surface area (Å²) in [5.41, 5.74) is 3.69. The topological polar surface area (TPSA) is 34.1 Å². The number of rotatable bonds is 14. The molecule has 0 N–H and O–H groups in total. The number of carbonyl (C=O) groups is 2. The van der Waals surface area contributed by atoms with Crippen LogP contribution in [0, 0.1) is 17.8 Å². The molecule has 1 aromatic rings. The van der Waals surface area contributed by atoms with E-state index < -0.39 is 0 Å². The van der Waals surface area contributed by atoms with E-state index in [-0.39, 0.29) is 11.6 Å². The molecule has 0 fully saturated rings. The van der Waals surface area contributed by atoms with E-state index in [0.29, 0.717) is 28.7 Å². The lowest BCUT2D eigenvalue weighted by atomic mass is 9.83. The molecule has 1 aromatic carbocycles. The van der Waals surface area contributed by atoms with Gasteiger partial charge >= 0.3 is 0 Å². The molecule has 0 bridgehead atoms. The first-order chi connectivity index (χ1) is 15.7. The van der Waals surface area contributed by atoms with E-state index >= 15 is 0 Å². The number of ketones is 2. The van der Waals surface area contributed by atoms with Crippen molar-refractivity contribution in [3.63, 3.8) is 0 Å². The lowest BCUT2D eigenvalue weighted by Gasteiger charge is -2.18. The van der Waals surface area contributed by atoms with Gasteiger partial charge in [0.1, 0.15) is 0 Å². The molecular weight excluding hydrogens is 404 g/mol. The number of benzene rings is 1. The molecule has 2 rings (SSSR count). The largest absolute Gasteiger partial charge is 0.289 e. The fourth-order valence-corrected chi connectivity index (χ4v) is 4.79. The maximum absolute atomic E-state index is 12.9. The molecule has 1 aliphatic carbocycles. The number of unbranched alkanes of at least 4 members (excludes halogenated alkanes) is 1. The summed E-state index contributed by atoms with van der Waals surface area (Å²) in [7, 11) is 0. The van der Waals surface area contributed by atoms with Crippen molar-refractivity contribution in [1.82, 2.24) is 0 Å². The highest BCUT2D eigenvalue weighted by atomic mass is 16.1. The van der Waals surface area contributed by atoms with Crippen LogP contribution in [0.25, 0.3) is 0 Å². The van der Waals surface area contributed by atoms with Crippen molar-refractivity contribution in [2.75, 3.05) is 0 Å². The first kappa shape index (κ1) is 27.3. The van der Waals surface area contributed by atoms with Gasteiger partial charge in [0.2, 0.25) is 0 Å². The van der Waals surface area contributed by atoms with Crippen LogP contribution in [0.15, 0.2) is 47.1 Å². The predicted octanol–water partition coefficient (Wildman–Crippen LogP) is 9.16. The van der Waals surface area contributed by atoms with Crippen LogP contribution < -0.4 is 0 Å². The van der Waals surface area contributed by atoms with Gasteiger partial charge in [0.15, 0.2) is 11.6 Å². The van der Waals surface area contributed by atoms with Crippen molar-refractivity contribution in [2.24, 2.45) is 17.8 Å². The lowest BCUT2D eigenvalue weighted by Crippen LogP contribution is -2.20. The van der Waals surface area contributed by atoms with Gasteiger partial charge in [-0.25, -0.2) is 0 Å². The van der Waals surface area contributed by atoms with Crippen molar-refractivity contribution in [1.29, 1.82) is 0 Å². The fraction of sp³-hybridized carbons (Fsp3) is 0.613. The highest BCUT2D eigenvalue weighted by Crippen LogP contribution is 2.29. The Morgan fingerprint density at radius 3 is 2.00 bits per heavy atom. The van der Waals surface area contributed by atoms with Crippen LogP contribution in [-0.4, -0.2) is 11.6 Å². The Kier molecular flexibility index (Phi) is 11.3.